The van der Waals surface area contributed by atoms with E-state index in [4.69, 9.17) is 14.7 Å². The predicted molar refractivity (Wildman–Crippen MR) is 140 cm³/mol. The van der Waals surface area contributed by atoms with Crippen LogP contribution < -0.4 is 9.64 Å². The smallest absolute Gasteiger partial charge is 0.222 e. The van der Waals surface area contributed by atoms with Crippen LogP contribution in [0.1, 0.15) is 48.0 Å². The van der Waals surface area contributed by atoms with Gasteiger partial charge in [0, 0.05) is 50.3 Å². The highest BCUT2D eigenvalue weighted by molar-refractivity contribution is 5.76. The van der Waals surface area contributed by atoms with Gasteiger partial charge in [0.25, 0.3) is 0 Å². The number of carbonyl (C=O) groups is 1. The van der Waals surface area contributed by atoms with Crippen LogP contribution in [-0.2, 0) is 24.1 Å². The van der Waals surface area contributed by atoms with E-state index in [1.54, 1.807) is 7.11 Å². The summed E-state index contributed by atoms with van der Waals surface area (Å²) in [6, 6.07) is 18.5. The average molecular weight is 473 g/mol. The minimum Gasteiger partial charge on any atom is -0.497 e. The van der Waals surface area contributed by atoms with Crippen molar-refractivity contribution >= 4 is 11.7 Å². The SMILES string of the molecule is CCc1nc(C)nc(N2CCCN(C(=O)CCc3ccccc3)CC2)c1Cc1ccc(OC)cc1. The Kier molecular flexibility index (Phi) is 8.35. The van der Waals surface area contributed by atoms with Gasteiger partial charge in [-0.1, -0.05) is 49.4 Å². The zero-order chi connectivity index (χ0) is 24.6. The first-order chi connectivity index (χ1) is 17.1. The average Bonchev–Trinajstić information content (AvgIpc) is 3.15. The first kappa shape index (κ1) is 24.7. The maximum atomic E-state index is 13.0. The molecule has 0 spiro atoms. The Morgan fingerprint density at radius 2 is 1.71 bits per heavy atom. The molecule has 6 heteroatoms. The molecule has 0 N–H and O–H groups in total. The van der Waals surface area contributed by atoms with Crippen LogP contribution in [0.5, 0.6) is 5.75 Å². The highest BCUT2D eigenvalue weighted by Gasteiger charge is 2.23. The molecular weight excluding hydrogens is 436 g/mol. The van der Waals surface area contributed by atoms with Crippen molar-refractivity contribution in [3.8, 4) is 5.75 Å². The van der Waals surface area contributed by atoms with Gasteiger partial charge >= 0.3 is 0 Å². The molecule has 0 atom stereocenters. The molecule has 184 valence electrons. The summed E-state index contributed by atoms with van der Waals surface area (Å²) in [6.45, 7) is 7.31. The van der Waals surface area contributed by atoms with Crippen molar-refractivity contribution in [1.82, 2.24) is 14.9 Å². The van der Waals surface area contributed by atoms with E-state index < -0.39 is 0 Å². The Bertz CT molecular complexity index is 1120. The number of rotatable bonds is 8. The molecule has 3 aromatic rings. The molecule has 1 amide bonds. The number of aromatic nitrogens is 2. The summed E-state index contributed by atoms with van der Waals surface area (Å²) < 4.78 is 5.32. The lowest BCUT2D eigenvalue weighted by Gasteiger charge is -2.26. The van der Waals surface area contributed by atoms with E-state index in [1.165, 1.54) is 16.7 Å². The van der Waals surface area contributed by atoms with Gasteiger partial charge in [-0.05, 0) is 49.4 Å². The first-order valence-corrected chi connectivity index (χ1v) is 12.6. The van der Waals surface area contributed by atoms with Crippen molar-refractivity contribution in [2.24, 2.45) is 0 Å². The lowest BCUT2D eigenvalue weighted by molar-refractivity contribution is -0.130. The summed E-state index contributed by atoms with van der Waals surface area (Å²) in [6.07, 6.45) is 3.92. The highest BCUT2D eigenvalue weighted by atomic mass is 16.5. The fraction of sp³-hybridized carbons (Fsp3) is 0.414. The van der Waals surface area contributed by atoms with Crippen LogP contribution in [-0.4, -0.2) is 54.1 Å². The maximum Gasteiger partial charge on any atom is 0.222 e. The van der Waals surface area contributed by atoms with E-state index in [0.717, 1.165) is 74.9 Å². The molecule has 0 aliphatic carbocycles. The summed E-state index contributed by atoms with van der Waals surface area (Å²) in [5.41, 5.74) is 4.71. The number of amides is 1. The van der Waals surface area contributed by atoms with Crippen molar-refractivity contribution in [1.29, 1.82) is 0 Å². The molecule has 1 aromatic heterocycles. The van der Waals surface area contributed by atoms with Crippen LogP contribution in [0, 0.1) is 6.92 Å². The lowest BCUT2D eigenvalue weighted by atomic mass is 10.0. The van der Waals surface area contributed by atoms with E-state index in [1.807, 2.05) is 42.2 Å². The number of methoxy groups -OCH3 is 1. The van der Waals surface area contributed by atoms with Crippen LogP contribution in [0.2, 0.25) is 0 Å². The molecule has 4 rings (SSSR count). The molecule has 2 heterocycles. The van der Waals surface area contributed by atoms with Crippen LogP contribution in [0.15, 0.2) is 54.6 Å². The first-order valence-electron chi connectivity index (χ1n) is 12.6. The van der Waals surface area contributed by atoms with Gasteiger partial charge in [-0.3, -0.25) is 4.79 Å². The second kappa shape index (κ2) is 11.8. The minimum atomic E-state index is 0.238. The van der Waals surface area contributed by atoms with E-state index in [0.29, 0.717) is 6.42 Å². The number of hydrogen-bond acceptors (Lipinski definition) is 5. The van der Waals surface area contributed by atoms with Gasteiger partial charge < -0.3 is 14.5 Å². The van der Waals surface area contributed by atoms with Crippen molar-refractivity contribution in [2.45, 2.75) is 46.0 Å². The number of ether oxygens (including phenoxy) is 1. The molecule has 1 saturated heterocycles. The number of anilines is 1. The van der Waals surface area contributed by atoms with Gasteiger partial charge in [-0.2, -0.15) is 0 Å². The Balaban J connectivity index is 1.48. The van der Waals surface area contributed by atoms with Crippen LogP contribution >= 0.6 is 0 Å². The van der Waals surface area contributed by atoms with Crippen LogP contribution in [0.3, 0.4) is 0 Å². The van der Waals surface area contributed by atoms with Gasteiger partial charge in [0.2, 0.25) is 5.91 Å². The Labute approximate surface area is 209 Å². The quantitative estimate of drug-likeness (QED) is 0.479. The van der Waals surface area contributed by atoms with Crippen LogP contribution in [0.4, 0.5) is 5.82 Å². The number of benzene rings is 2. The van der Waals surface area contributed by atoms with Gasteiger partial charge in [0.05, 0.1) is 7.11 Å². The molecule has 1 fully saturated rings. The molecule has 0 unspecified atom stereocenters. The molecule has 0 saturated carbocycles. The largest absolute Gasteiger partial charge is 0.497 e. The zero-order valence-corrected chi connectivity index (χ0v) is 21.2. The summed E-state index contributed by atoms with van der Waals surface area (Å²) in [5, 5.41) is 0. The summed E-state index contributed by atoms with van der Waals surface area (Å²) in [7, 11) is 1.69. The lowest BCUT2D eigenvalue weighted by Crippen LogP contribution is -2.36. The van der Waals surface area contributed by atoms with Crippen molar-refractivity contribution < 1.29 is 9.53 Å². The molecule has 0 radical (unpaired) electrons. The highest BCUT2D eigenvalue weighted by Crippen LogP contribution is 2.27. The number of aryl methyl sites for hydroxylation is 3. The second-order valence-corrected chi connectivity index (χ2v) is 9.11. The number of nitrogens with zero attached hydrogens (tertiary/aromatic N) is 4. The van der Waals surface area contributed by atoms with Gasteiger partial charge in [-0.15, -0.1) is 0 Å². The molecule has 6 nitrogen and oxygen atoms in total. The van der Waals surface area contributed by atoms with E-state index in [2.05, 4.69) is 36.1 Å². The van der Waals surface area contributed by atoms with Gasteiger partial charge in [-0.25, -0.2) is 9.97 Å². The number of carbonyl (C=O) groups excluding carboxylic acids is 1. The van der Waals surface area contributed by atoms with Gasteiger partial charge in [0.15, 0.2) is 0 Å². The normalized spacial score (nSPS) is 14.0. The topological polar surface area (TPSA) is 58.6 Å². The zero-order valence-electron chi connectivity index (χ0n) is 21.2. The molecular formula is C29H36N4O2. The second-order valence-electron chi connectivity index (χ2n) is 9.11. The fourth-order valence-corrected chi connectivity index (χ4v) is 4.75. The predicted octanol–water partition coefficient (Wildman–Crippen LogP) is 4.62. The third-order valence-electron chi connectivity index (χ3n) is 6.68. The van der Waals surface area contributed by atoms with Crippen molar-refractivity contribution in [3.63, 3.8) is 0 Å². The molecule has 1 aliphatic heterocycles. The molecule has 2 aromatic carbocycles. The molecule has 1 aliphatic rings. The van der Waals surface area contributed by atoms with E-state index in [-0.39, 0.29) is 5.91 Å². The summed E-state index contributed by atoms with van der Waals surface area (Å²) in [5.74, 6) is 2.91. The Morgan fingerprint density at radius 1 is 0.943 bits per heavy atom. The van der Waals surface area contributed by atoms with Crippen LogP contribution in [0.25, 0.3) is 0 Å². The van der Waals surface area contributed by atoms with E-state index >= 15 is 0 Å². The Morgan fingerprint density at radius 3 is 2.43 bits per heavy atom. The summed E-state index contributed by atoms with van der Waals surface area (Å²) in [4.78, 5) is 27.0. The van der Waals surface area contributed by atoms with E-state index in [9.17, 15) is 4.79 Å². The molecule has 35 heavy (non-hydrogen) atoms. The maximum absolute atomic E-state index is 13.0. The van der Waals surface area contributed by atoms with Gasteiger partial charge in [0.1, 0.15) is 17.4 Å². The molecule has 0 bridgehead atoms. The Hall–Kier alpha value is -3.41. The number of hydrogen-bond donors (Lipinski definition) is 0. The fourth-order valence-electron chi connectivity index (χ4n) is 4.75. The van der Waals surface area contributed by atoms with Crippen molar-refractivity contribution in [2.75, 3.05) is 38.2 Å². The standard InChI is InChI=1S/C29H36N4O2/c1-4-27-26(21-24-11-14-25(35-3)15-12-24)29(31-22(2)30-27)33-18-8-17-32(19-20-33)28(34)16-13-23-9-6-5-7-10-23/h5-7,9-12,14-15H,4,8,13,16-21H2,1-3H3. The van der Waals surface area contributed by atoms with Crippen molar-refractivity contribution in [3.05, 3.63) is 82.8 Å². The third kappa shape index (κ3) is 6.38. The summed E-state index contributed by atoms with van der Waals surface area (Å²) >= 11 is 0. The monoisotopic (exact) mass is 472 g/mol. The third-order valence-corrected chi connectivity index (χ3v) is 6.68. The minimum absolute atomic E-state index is 0.238.